The van der Waals surface area contributed by atoms with Gasteiger partial charge in [0.25, 0.3) is 0 Å². The molecule has 1 aliphatic carbocycles. The van der Waals surface area contributed by atoms with Gasteiger partial charge < -0.3 is 15.5 Å². The minimum Gasteiger partial charge on any atom is -0.351 e. The van der Waals surface area contributed by atoms with Crippen LogP contribution in [0.5, 0.6) is 0 Å². The lowest BCUT2D eigenvalue weighted by atomic mass is 9.77. The number of hydroxylamine groups is 2. The van der Waals surface area contributed by atoms with Gasteiger partial charge in [0.15, 0.2) is 0 Å². The molecular formula is C18H23F2N5O5. The SMILES string of the molecule is CC(F)(F)C[C@H](NC(=O)ON1CCC2(CC1)CC(=O)NC2=O)C(=O)NC1(C#N)CC1. The normalized spacial score (nSPS) is 23.3. The van der Waals surface area contributed by atoms with E-state index in [1.807, 2.05) is 6.07 Å². The molecule has 2 heterocycles. The summed E-state index contributed by atoms with van der Waals surface area (Å²) in [5, 5.41) is 17.1. The molecule has 10 nitrogen and oxygen atoms in total. The Kier molecular flexibility index (Phi) is 5.68. The minimum atomic E-state index is -3.24. The second kappa shape index (κ2) is 7.79. The van der Waals surface area contributed by atoms with E-state index in [-0.39, 0.29) is 31.3 Å². The van der Waals surface area contributed by atoms with E-state index in [9.17, 15) is 28.0 Å². The van der Waals surface area contributed by atoms with Crippen LogP contribution in [-0.4, -0.2) is 59.5 Å². The van der Waals surface area contributed by atoms with Gasteiger partial charge in [-0.15, -0.1) is 5.06 Å². The Balaban J connectivity index is 1.54. The van der Waals surface area contributed by atoms with Crippen LogP contribution in [0.1, 0.15) is 45.4 Å². The molecule has 0 aromatic carbocycles. The van der Waals surface area contributed by atoms with E-state index in [0.29, 0.717) is 32.6 Å². The quantitative estimate of drug-likeness (QED) is 0.519. The highest BCUT2D eigenvalue weighted by Crippen LogP contribution is 2.38. The van der Waals surface area contributed by atoms with E-state index in [1.165, 1.54) is 5.06 Å². The molecule has 0 bridgehead atoms. The van der Waals surface area contributed by atoms with Crippen LogP contribution in [0.25, 0.3) is 0 Å². The number of hydrogen-bond donors (Lipinski definition) is 3. The van der Waals surface area contributed by atoms with Crippen LogP contribution in [-0.2, 0) is 19.2 Å². The van der Waals surface area contributed by atoms with Gasteiger partial charge in [-0.05, 0) is 32.6 Å². The number of nitrogens with zero attached hydrogens (tertiary/aromatic N) is 2. The smallest absolute Gasteiger partial charge is 0.351 e. The van der Waals surface area contributed by atoms with Gasteiger partial charge in [-0.3, -0.25) is 19.7 Å². The molecular weight excluding hydrogens is 404 g/mol. The molecule has 4 amide bonds. The van der Waals surface area contributed by atoms with E-state index in [0.717, 1.165) is 0 Å². The molecule has 3 fully saturated rings. The number of nitriles is 1. The van der Waals surface area contributed by atoms with Crippen LogP contribution in [0, 0.1) is 16.7 Å². The van der Waals surface area contributed by atoms with Crippen molar-refractivity contribution in [1.82, 2.24) is 21.0 Å². The predicted octanol–water partition coefficient (Wildman–Crippen LogP) is 0.343. The van der Waals surface area contributed by atoms with Crippen molar-refractivity contribution in [3.63, 3.8) is 0 Å². The average Bonchev–Trinajstić information content (AvgIpc) is 3.35. The maximum atomic E-state index is 13.5. The second-order valence-corrected chi connectivity index (χ2v) is 8.30. The first kappa shape index (κ1) is 21.9. The van der Waals surface area contributed by atoms with Crippen molar-refractivity contribution in [2.45, 2.75) is 63.0 Å². The lowest BCUT2D eigenvalue weighted by Crippen LogP contribution is -2.53. The van der Waals surface area contributed by atoms with Crippen LogP contribution in [0.3, 0.4) is 0 Å². The van der Waals surface area contributed by atoms with Crippen LogP contribution in [0.4, 0.5) is 13.6 Å². The fraction of sp³-hybridized carbons (Fsp3) is 0.722. The van der Waals surface area contributed by atoms with Gasteiger partial charge in [-0.2, -0.15) is 5.26 Å². The number of nitrogens with one attached hydrogen (secondary N) is 3. The average molecular weight is 427 g/mol. The third-order valence-electron chi connectivity index (χ3n) is 5.62. The Hall–Kier alpha value is -2.81. The number of amides is 4. The summed E-state index contributed by atoms with van der Waals surface area (Å²) in [4.78, 5) is 53.1. The van der Waals surface area contributed by atoms with E-state index in [4.69, 9.17) is 10.1 Å². The predicted molar refractivity (Wildman–Crippen MR) is 95.4 cm³/mol. The molecule has 0 aromatic heterocycles. The third-order valence-corrected chi connectivity index (χ3v) is 5.62. The number of carbonyl (C=O) groups is 4. The van der Waals surface area contributed by atoms with Crippen molar-refractivity contribution in [1.29, 1.82) is 5.26 Å². The zero-order chi connectivity index (χ0) is 22.2. The molecule has 1 spiro atoms. The summed E-state index contributed by atoms with van der Waals surface area (Å²) >= 11 is 0. The first-order valence-electron chi connectivity index (χ1n) is 9.65. The van der Waals surface area contributed by atoms with Gasteiger partial charge in [0.1, 0.15) is 11.6 Å². The fourth-order valence-electron chi connectivity index (χ4n) is 3.67. The van der Waals surface area contributed by atoms with Crippen LogP contribution in [0.15, 0.2) is 0 Å². The Morgan fingerprint density at radius 3 is 2.40 bits per heavy atom. The topological polar surface area (TPSA) is 141 Å². The summed E-state index contributed by atoms with van der Waals surface area (Å²) in [6, 6.07) is 0.337. The maximum Gasteiger partial charge on any atom is 0.426 e. The molecule has 164 valence electrons. The molecule has 0 unspecified atom stereocenters. The largest absolute Gasteiger partial charge is 0.426 e. The summed E-state index contributed by atoms with van der Waals surface area (Å²) in [5.74, 6) is -4.80. The maximum absolute atomic E-state index is 13.5. The van der Waals surface area contributed by atoms with Gasteiger partial charge in [0.05, 0.1) is 11.5 Å². The Labute approximate surface area is 171 Å². The molecule has 30 heavy (non-hydrogen) atoms. The monoisotopic (exact) mass is 427 g/mol. The molecule has 0 radical (unpaired) electrons. The summed E-state index contributed by atoms with van der Waals surface area (Å²) in [7, 11) is 0. The number of alkyl halides is 2. The van der Waals surface area contributed by atoms with Gasteiger partial charge in [0, 0.05) is 25.9 Å². The second-order valence-electron chi connectivity index (χ2n) is 8.30. The molecule has 3 rings (SSSR count). The third kappa shape index (κ3) is 5.02. The van der Waals surface area contributed by atoms with E-state index in [1.54, 1.807) is 0 Å². The first-order chi connectivity index (χ1) is 14.0. The van der Waals surface area contributed by atoms with Crippen molar-refractivity contribution in [3.05, 3.63) is 0 Å². The van der Waals surface area contributed by atoms with Crippen molar-refractivity contribution >= 4 is 23.8 Å². The number of rotatable bonds is 6. The summed E-state index contributed by atoms with van der Waals surface area (Å²) in [5.41, 5.74) is -1.87. The molecule has 0 aromatic rings. The van der Waals surface area contributed by atoms with Crippen molar-refractivity contribution in [3.8, 4) is 6.07 Å². The Morgan fingerprint density at radius 1 is 1.30 bits per heavy atom. The highest BCUT2D eigenvalue weighted by Gasteiger charge is 2.49. The molecule has 3 N–H and O–H groups in total. The van der Waals surface area contributed by atoms with Gasteiger partial charge in [-0.25, -0.2) is 13.6 Å². The van der Waals surface area contributed by atoms with Gasteiger partial charge in [-0.1, -0.05) is 0 Å². The summed E-state index contributed by atoms with van der Waals surface area (Å²) in [6.45, 7) is 0.967. The highest BCUT2D eigenvalue weighted by atomic mass is 19.3. The highest BCUT2D eigenvalue weighted by molar-refractivity contribution is 6.05. The minimum absolute atomic E-state index is 0.0837. The Bertz CT molecular complexity index is 794. The molecule has 2 saturated heterocycles. The number of piperidine rings is 1. The number of imide groups is 1. The lowest BCUT2D eigenvalue weighted by Gasteiger charge is -2.35. The summed E-state index contributed by atoms with van der Waals surface area (Å²) < 4.78 is 27.0. The molecule has 2 aliphatic heterocycles. The lowest BCUT2D eigenvalue weighted by molar-refractivity contribution is -0.148. The molecule has 1 atom stereocenters. The van der Waals surface area contributed by atoms with Gasteiger partial charge in [0.2, 0.25) is 23.6 Å². The van der Waals surface area contributed by atoms with E-state index >= 15 is 0 Å². The molecule has 12 heteroatoms. The van der Waals surface area contributed by atoms with Crippen LogP contribution >= 0.6 is 0 Å². The molecule has 3 aliphatic rings. The zero-order valence-corrected chi connectivity index (χ0v) is 16.4. The van der Waals surface area contributed by atoms with E-state index < -0.39 is 41.3 Å². The van der Waals surface area contributed by atoms with Crippen LogP contribution < -0.4 is 16.0 Å². The van der Waals surface area contributed by atoms with Crippen molar-refractivity contribution in [2.75, 3.05) is 13.1 Å². The summed E-state index contributed by atoms with van der Waals surface area (Å²) in [6.07, 6.45) is -0.551. The van der Waals surface area contributed by atoms with Crippen molar-refractivity contribution < 1.29 is 32.8 Å². The Morgan fingerprint density at radius 2 is 1.93 bits per heavy atom. The molecule has 1 saturated carbocycles. The van der Waals surface area contributed by atoms with E-state index in [2.05, 4.69) is 16.0 Å². The van der Waals surface area contributed by atoms with Crippen LogP contribution in [0.2, 0.25) is 0 Å². The van der Waals surface area contributed by atoms with Gasteiger partial charge >= 0.3 is 6.09 Å². The zero-order valence-electron chi connectivity index (χ0n) is 16.4. The number of halogens is 2. The fourth-order valence-corrected chi connectivity index (χ4v) is 3.67. The number of carbonyl (C=O) groups excluding carboxylic acids is 4. The first-order valence-corrected chi connectivity index (χ1v) is 9.65. The number of hydrogen-bond acceptors (Lipinski definition) is 7. The standard InChI is InChI=1S/C18H23F2N5O5/c1-16(19,20)8-11(13(27)24-18(10-21)2-3-18)22-15(29)30-25-6-4-17(5-7-25)9-12(26)23-14(17)28/h11H,2-9H2,1H3,(H,22,29)(H,24,27)(H,23,26,28)/t11-/m0/s1. The van der Waals surface area contributed by atoms with Crippen molar-refractivity contribution in [2.24, 2.45) is 5.41 Å².